The molecule has 2 aliphatic heterocycles. The molecule has 1 unspecified atom stereocenters. The van der Waals surface area contributed by atoms with Crippen LogP contribution in [0.15, 0.2) is 67.5 Å². The fraction of sp³-hybridized carbons (Fsp3) is 0.395. The van der Waals surface area contributed by atoms with Gasteiger partial charge in [-0.05, 0) is 67.1 Å². The van der Waals surface area contributed by atoms with E-state index in [2.05, 4.69) is 85.0 Å². The molecule has 0 bridgehead atoms. The molecule has 1 atom stereocenters. The highest BCUT2D eigenvalue weighted by atomic mass is 32.1. The van der Waals surface area contributed by atoms with Crippen LogP contribution in [0.1, 0.15) is 99.5 Å². The van der Waals surface area contributed by atoms with Crippen molar-refractivity contribution in [3.05, 3.63) is 94.2 Å². The van der Waals surface area contributed by atoms with Crippen molar-refractivity contribution in [2.75, 3.05) is 39.8 Å². The second-order valence-corrected chi connectivity index (χ2v) is 14.8. The summed E-state index contributed by atoms with van der Waals surface area (Å²) in [7, 11) is 1.29. The summed E-state index contributed by atoms with van der Waals surface area (Å²) < 4.78 is 7.03. The number of likely N-dealkylation sites (tertiary alicyclic amines) is 2. The number of nitrogens with one attached hydrogen (secondary N) is 4. The first kappa shape index (κ1) is 46.5. The Balaban J connectivity index is 0.000000228. The minimum atomic E-state index is -0.674. The van der Waals surface area contributed by atoms with Gasteiger partial charge in [0, 0.05) is 42.5 Å². The lowest BCUT2D eigenvalue weighted by Gasteiger charge is -2.23. The van der Waals surface area contributed by atoms with Gasteiger partial charge in [-0.2, -0.15) is 0 Å². The van der Waals surface area contributed by atoms with Gasteiger partial charge in [0.1, 0.15) is 17.4 Å². The van der Waals surface area contributed by atoms with Gasteiger partial charge in [-0.1, -0.05) is 64.4 Å². The van der Waals surface area contributed by atoms with E-state index in [1.807, 2.05) is 44.2 Å². The third-order valence-electron chi connectivity index (χ3n) is 8.04. The molecule has 4 amide bonds. The predicted molar refractivity (Wildman–Crippen MR) is 231 cm³/mol. The molecule has 4 N–H and O–H groups in total. The van der Waals surface area contributed by atoms with Crippen LogP contribution in [0.5, 0.6) is 0 Å². The van der Waals surface area contributed by atoms with E-state index in [4.69, 9.17) is 0 Å². The number of rotatable bonds is 5. The van der Waals surface area contributed by atoms with Crippen molar-refractivity contribution in [3.8, 4) is 23.7 Å². The van der Waals surface area contributed by atoms with E-state index >= 15 is 0 Å². The second kappa shape index (κ2) is 26.1. The number of hydrogen-bond acceptors (Lipinski definition) is 9. The Hall–Kier alpha value is -5.90. The van der Waals surface area contributed by atoms with Crippen LogP contribution in [0.3, 0.4) is 0 Å². The molecule has 4 aromatic heterocycles. The fourth-order valence-corrected chi connectivity index (χ4v) is 7.48. The van der Waals surface area contributed by atoms with Gasteiger partial charge in [0.15, 0.2) is 0 Å². The van der Waals surface area contributed by atoms with E-state index in [0.717, 1.165) is 78.6 Å². The molecule has 15 heteroatoms. The standard InChI is InChI=1S/C16H8N4S2.C14H18N2O3.C8H14N2O2.C3H8.C2H6/c1(11-7-17-9-19-11)3-13-5-15-16(21-13)6-14(22-15)4-2-12-8-18-10-20-12;1-19-14(18)15-12(11-7-3-2-4-8-11)13(17)16-9-5-6-10-16;1-7(11)9-6-8(12)10-4-2-3-5-10;1-3-2;1-2/h5-10H,(H,17,19)(H,18,20);2-4,7-8,12H,5-6,9-10H2,1H3,(H,15,18);2-6H2,1H3,(H,9,11);3H2,1-2H3;1-2H3. The summed E-state index contributed by atoms with van der Waals surface area (Å²) in [4.78, 5) is 65.1. The maximum atomic E-state index is 12.5. The van der Waals surface area contributed by atoms with Crippen LogP contribution < -0.4 is 10.6 Å². The Morgan fingerprint density at radius 2 is 1.28 bits per heavy atom. The van der Waals surface area contributed by atoms with Gasteiger partial charge in [0.2, 0.25) is 17.7 Å². The van der Waals surface area contributed by atoms with Crippen LogP contribution in [-0.2, 0) is 19.1 Å². The normalized spacial score (nSPS) is 12.8. The molecule has 0 spiro atoms. The Morgan fingerprint density at radius 3 is 1.71 bits per heavy atom. The van der Waals surface area contributed by atoms with Crippen molar-refractivity contribution in [2.45, 2.75) is 72.8 Å². The number of ether oxygens (including phenoxy) is 1. The first-order valence-electron chi connectivity index (χ1n) is 19.4. The molecule has 2 saturated heterocycles. The number of H-pyrrole nitrogens is 2. The molecule has 0 radical (unpaired) electrons. The summed E-state index contributed by atoms with van der Waals surface area (Å²) in [6.07, 6.45) is 11.6. The average Bonchev–Trinajstić information content (AvgIpc) is 4.09. The second-order valence-electron chi connectivity index (χ2n) is 12.6. The quantitative estimate of drug-likeness (QED) is 0.137. The molecule has 5 aromatic rings. The van der Waals surface area contributed by atoms with Gasteiger partial charge >= 0.3 is 6.09 Å². The maximum Gasteiger partial charge on any atom is 0.407 e. The van der Waals surface area contributed by atoms with Gasteiger partial charge in [0.25, 0.3) is 0 Å². The largest absolute Gasteiger partial charge is 0.453 e. The number of thiophene rings is 2. The minimum Gasteiger partial charge on any atom is -0.453 e. The molecule has 2 fully saturated rings. The zero-order valence-electron chi connectivity index (χ0n) is 34.1. The number of fused-ring (bicyclic) bond motifs is 1. The Labute approximate surface area is 349 Å². The molecular formula is C43H54N8O5S2. The third kappa shape index (κ3) is 15.9. The van der Waals surface area contributed by atoms with E-state index < -0.39 is 12.1 Å². The van der Waals surface area contributed by atoms with E-state index in [1.54, 1.807) is 57.5 Å². The fourth-order valence-electron chi connectivity index (χ4n) is 5.37. The number of benzene rings is 1. The number of methoxy groups -OCH3 is 1. The Morgan fingerprint density at radius 1 is 0.793 bits per heavy atom. The SMILES string of the molecule is C(#Cc1cc2sc(C#Cc3cnc[nH]3)cc2s1)c1cnc[nH]1.CC.CC(=O)NCC(=O)N1CCCC1.CCC.COC(=O)NC(C(=O)N1CCCC1)c1ccccc1. The molecule has 13 nitrogen and oxygen atoms in total. The average molecular weight is 827 g/mol. The molecule has 308 valence electrons. The number of imidazole rings is 2. The summed E-state index contributed by atoms with van der Waals surface area (Å²) in [6.45, 7) is 13.0. The molecule has 58 heavy (non-hydrogen) atoms. The highest BCUT2D eigenvalue weighted by Gasteiger charge is 2.29. The van der Waals surface area contributed by atoms with Crippen LogP contribution in [0.4, 0.5) is 4.79 Å². The summed E-state index contributed by atoms with van der Waals surface area (Å²) in [5.41, 5.74) is 2.41. The first-order chi connectivity index (χ1) is 28.2. The highest BCUT2D eigenvalue weighted by molar-refractivity contribution is 7.28. The number of carbonyl (C=O) groups is 4. The van der Waals surface area contributed by atoms with Crippen LogP contribution in [-0.4, -0.2) is 93.4 Å². The number of nitrogens with zero attached hydrogens (tertiary/aromatic N) is 4. The number of carbonyl (C=O) groups excluding carboxylic acids is 4. The summed E-state index contributed by atoms with van der Waals surface area (Å²) >= 11 is 3.36. The molecule has 7 rings (SSSR count). The van der Waals surface area contributed by atoms with Gasteiger partial charge in [-0.25, -0.2) is 14.8 Å². The molecule has 6 heterocycles. The zero-order chi connectivity index (χ0) is 42.1. The van der Waals surface area contributed by atoms with Gasteiger partial charge < -0.3 is 35.1 Å². The summed E-state index contributed by atoms with van der Waals surface area (Å²) in [5, 5.41) is 5.10. The monoisotopic (exact) mass is 826 g/mol. The molecular weight excluding hydrogens is 773 g/mol. The summed E-state index contributed by atoms with van der Waals surface area (Å²) in [6, 6.07) is 12.8. The van der Waals surface area contributed by atoms with Crippen LogP contribution in [0.25, 0.3) is 9.40 Å². The lowest BCUT2D eigenvalue weighted by atomic mass is 10.1. The van der Waals surface area contributed by atoms with Crippen LogP contribution in [0.2, 0.25) is 0 Å². The number of aromatic amines is 2. The highest BCUT2D eigenvalue weighted by Crippen LogP contribution is 2.32. The van der Waals surface area contributed by atoms with Crippen LogP contribution in [0, 0.1) is 23.7 Å². The molecule has 1 aromatic carbocycles. The van der Waals surface area contributed by atoms with Gasteiger partial charge in [0.05, 0.1) is 48.5 Å². The first-order valence-corrected chi connectivity index (χ1v) is 21.1. The smallest absolute Gasteiger partial charge is 0.407 e. The molecule has 2 aliphatic rings. The van der Waals surface area contributed by atoms with Crippen molar-refractivity contribution in [2.24, 2.45) is 0 Å². The number of aromatic nitrogens is 4. The Bertz CT molecular complexity index is 1980. The minimum absolute atomic E-state index is 0.0303. The Kier molecular flexibility index (Phi) is 20.9. The van der Waals surface area contributed by atoms with E-state index in [1.165, 1.54) is 29.9 Å². The number of hydrogen-bond donors (Lipinski definition) is 4. The molecule has 0 saturated carbocycles. The van der Waals surface area contributed by atoms with Gasteiger partial charge in [-0.3, -0.25) is 14.4 Å². The van der Waals surface area contributed by atoms with Crippen molar-refractivity contribution < 1.29 is 23.9 Å². The predicted octanol–water partition coefficient (Wildman–Crippen LogP) is 7.10. The lowest BCUT2D eigenvalue weighted by molar-refractivity contribution is -0.132. The lowest BCUT2D eigenvalue weighted by Crippen LogP contribution is -2.41. The van der Waals surface area contributed by atoms with Crippen molar-refractivity contribution in [1.82, 2.24) is 40.4 Å². The van der Waals surface area contributed by atoms with E-state index in [-0.39, 0.29) is 24.3 Å². The van der Waals surface area contributed by atoms with Crippen molar-refractivity contribution in [1.29, 1.82) is 0 Å². The van der Waals surface area contributed by atoms with E-state index in [0.29, 0.717) is 0 Å². The van der Waals surface area contributed by atoms with Gasteiger partial charge in [-0.15, -0.1) is 22.7 Å². The molecule has 0 aliphatic carbocycles. The van der Waals surface area contributed by atoms with Crippen LogP contribution >= 0.6 is 22.7 Å². The van der Waals surface area contributed by atoms with Crippen molar-refractivity contribution in [3.63, 3.8) is 0 Å². The maximum absolute atomic E-state index is 12.5. The topological polar surface area (TPSA) is 165 Å². The third-order valence-corrected chi connectivity index (χ3v) is 10.2. The van der Waals surface area contributed by atoms with Crippen molar-refractivity contribution >= 4 is 55.9 Å². The number of alkyl carbamates (subject to hydrolysis) is 1. The zero-order valence-corrected chi connectivity index (χ0v) is 35.8. The number of amides is 4. The van der Waals surface area contributed by atoms with E-state index in [9.17, 15) is 19.2 Å². The summed E-state index contributed by atoms with van der Waals surface area (Å²) in [5.74, 6) is 12.2.